The Bertz CT molecular complexity index is 498. The molecular formula is C13H18N3O4+. The number of amides is 1. The molecule has 1 aromatic rings. The quantitative estimate of drug-likeness (QED) is 0.585. The van der Waals surface area contributed by atoms with Gasteiger partial charge in [0.15, 0.2) is 0 Å². The Hall–Kier alpha value is -2.31. The van der Waals surface area contributed by atoms with E-state index in [0.29, 0.717) is 32.0 Å². The van der Waals surface area contributed by atoms with Gasteiger partial charge >= 0.3 is 11.8 Å². The van der Waals surface area contributed by atoms with Gasteiger partial charge in [0.1, 0.15) is 19.3 Å². The number of anilines is 1. The summed E-state index contributed by atoms with van der Waals surface area (Å²) in [7, 11) is 0. The Morgan fingerprint density at radius 3 is 2.45 bits per heavy atom. The number of nitrogens with zero attached hydrogens (tertiary/aromatic N) is 3. The van der Waals surface area contributed by atoms with Gasteiger partial charge in [-0.15, -0.1) is 0 Å². The number of aliphatic carboxylic acids is 1. The number of carbonyl (C=O) groups excluding carboxylic acids is 1. The molecule has 1 fully saturated rings. The molecule has 1 aliphatic heterocycles. The molecular weight excluding hydrogens is 262 g/mol. The molecule has 0 unspecified atom stereocenters. The van der Waals surface area contributed by atoms with E-state index >= 15 is 0 Å². The van der Waals surface area contributed by atoms with Crippen LogP contribution >= 0.6 is 0 Å². The molecule has 2 heterocycles. The Morgan fingerprint density at radius 1 is 1.15 bits per heavy atom. The summed E-state index contributed by atoms with van der Waals surface area (Å²) in [5.41, 5.74) is 0. The van der Waals surface area contributed by atoms with E-state index in [4.69, 9.17) is 5.11 Å². The maximum absolute atomic E-state index is 11.8. The maximum Gasteiger partial charge on any atom is 0.316 e. The molecule has 1 aliphatic rings. The van der Waals surface area contributed by atoms with E-state index in [0.717, 1.165) is 4.73 Å². The van der Waals surface area contributed by atoms with Crippen molar-refractivity contribution in [3.05, 3.63) is 24.4 Å². The molecule has 20 heavy (non-hydrogen) atoms. The number of hydrogen-bond donors (Lipinski definition) is 2. The molecule has 0 spiro atoms. The van der Waals surface area contributed by atoms with Gasteiger partial charge < -0.3 is 15.2 Å². The summed E-state index contributed by atoms with van der Waals surface area (Å²) in [6, 6.07) is 5.38. The zero-order valence-electron chi connectivity index (χ0n) is 11.1. The van der Waals surface area contributed by atoms with Gasteiger partial charge in [-0.2, -0.15) is 0 Å². The van der Waals surface area contributed by atoms with Crippen molar-refractivity contribution in [3.63, 3.8) is 0 Å². The summed E-state index contributed by atoms with van der Waals surface area (Å²) in [5, 5.41) is 18.3. The summed E-state index contributed by atoms with van der Waals surface area (Å²) in [5.74, 6) is -0.398. The topological polar surface area (TPSA) is 85.0 Å². The van der Waals surface area contributed by atoms with E-state index in [1.165, 1.54) is 0 Å². The summed E-state index contributed by atoms with van der Waals surface area (Å²) in [6.07, 6.45) is 1.47. The van der Waals surface area contributed by atoms with Crippen LogP contribution in [-0.2, 0) is 9.59 Å². The predicted molar refractivity (Wildman–Crippen MR) is 69.5 cm³/mol. The molecule has 0 bridgehead atoms. The van der Waals surface area contributed by atoms with Gasteiger partial charge in [-0.3, -0.25) is 14.5 Å². The number of aromatic nitrogens is 1. The van der Waals surface area contributed by atoms with Crippen LogP contribution in [0.15, 0.2) is 24.4 Å². The standard InChI is InChI=1S/C13H17N3O4/c17-12(4-5-13(18)19)15-9-7-14(8-10-15)11-3-1-2-6-16(11)20/h1-3,6H,4-5,7-10H2,(H-,18,19,20)/p+1. The second-order valence-corrected chi connectivity index (χ2v) is 4.66. The van der Waals surface area contributed by atoms with Crippen molar-refractivity contribution in [2.45, 2.75) is 12.8 Å². The van der Waals surface area contributed by atoms with Crippen molar-refractivity contribution in [1.82, 2.24) is 4.90 Å². The Labute approximate surface area is 116 Å². The number of rotatable bonds is 4. The minimum Gasteiger partial charge on any atom is -0.481 e. The van der Waals surface area contributed by atoms with Gasteiger partial charge in [-0.25, -0.2) is 0 Å². The van der Waals surface area contributed by atoms with Crippen molar-refractivity contribution >= 4 is 17.7 Å². The van der Waals surface area contributed by atoms with Gasteiger partial charge in [0.05, 0.1) is 19.5 Å². The van der Waals surface area contributed by atoms with Crippen LogP contribution in [0.2, 0.25) is 0 Å². The summed E-state index contributed by atoms with van der Waals surface area (Å²) in [4.78, 5) is 25.9. The minimum atomic E-state index is -0.956. The average Bonchev–Trinajstić information content (AvgIpc) is 2.45. The molecule has 7 nitrogen and oxygen atoms in total. The van der Waals surface area contributed by atoms with E-state index in [1.54, 1.807) is 17.2 Å². The summed E-state index contributed by atoms with van der Waals surface area (Å²) >= 11 is 0. The van der Waals surface area contributed by atoms with Crippen molar-refractivity contribution in [1.29, 1.82) is 0 Å². The molecule has 1 amide bonds. The van der Waals surface area contributed by atoms with Gasteiger partial charge in [0, 0.05) is 12.5 Å². The zero-order valence-corrected chi connectivity index (χ0v) is 11.1. The normalized spacial score (nSPS) is 15.2. The third-order valence-electron chi connectivity index (χ3n) is 3.33. The van der Waals surface area contributed by atoms with Crippen molar-refractivity contribution in [2.75, 3.05) is 31.1 Å². The van der Waals surface area contributed by atoms with Crippen LogP contribution in [0.5, 0.6) is 0 Å². The second-order valence-electron chi connectivity index (χ2n) is 4.66. The van der Waals surface area contributed by atoms with E-state index in [9.17, 15) is 14.8 Å². The lowest BCUT2D eigenvalue weighted by molar-refractivity contribution is -0.894. The van der Waals surface area contributed by atoms with Crippen LogP contribution < -0.4 is 9.63 Å². The molecule has 0 aliphatic carbocycles. The number of hydrogen-bond acceptors (Lipinski definition) is 4. The van der Waals surface area contributed by atoms with Gasteiger partial charge in [0.25, 0.3) is 0 Å². The Morgan fingerprint density at radius 2 is 1.85 bits per heavy atom. The number of carboxylic acids is 1. The predicted octanol–water partition coefficient (Wildman–Crippen LogP) is -0.275. The lowest BCUT2D eigenvalue weighted by Gasteiger charge is -2.31. The number of pyridine rings is 1. The molecule has 2 rings (SSSR count). The smallest absolute Gasteiger partial charge is 0.316 e. The first-order valence-corrected chi connectivity index (χ1v) is 6.52. The molecule has 0 aromatic carbocycles. The molecule has 1 saturated heterocycles. The highest BCUT2D eigenvalue weighted by molar-refractivity contribution is 5.80. The highest BCUT2D eigenvalue weighted by Gasteiger charge is 2.27. The third-order valence-corrected chi connectivity index (χ3v) is 3.33. The fourth-order valence-corrected chi connectivity index (χ4v) is 2.23. The number of piperazine rings is 1. The fraction of sp³-hybridized carbons (Fsp3) is 0.462. The SMILES string of the molecule is O=C(O)CCC(=O)N1CCN(c2cccc[n+]2O)CC1. The van der Waals surface area contributed by atoms with Crippen LogP contribution in [0.1, 0.15) is 12.8 Å². The van der Waals surface area contributed by atoms with Crippen LogP contribution in [-0.4, -0.2) is 53.3 Å². The van der Waals surface area contributed by atoms with E-state index in [1.807, 2.05) is 17.0 Å². The highest BCUT2D eigenvalue weighted by Crippen LogP contribution is 2.12. The maximum atomic E-state index is 11.8. The van der Waals surface area contributed by atoms with Crippen molar-refractivity contribution in [2.24, 2.45) is 0 Å². The first-order valence-electron chi connectivity index (χ1n) is 6.52. The minimum absolute atomic E-state index is 0.0423. The number of carbonyl (C=O) groups is 2. The molecule has 0 atom stereocenters. The van der Waals surface area contributed by atoms with E-state index in [-0.39, 0.29) is 18.7 Å². The Balaban J connectivity index is 1.88. The largest absolute Gasteiger partial charge is 0.481 e. The van der Waals surface area contributed by atoms with Gasteiger partial charge in [-0.1, -0.05) is 10.8 Å². The molecule has 2 N–H and O–H groups in total. The lowest BCUT2D eigenvalue weighted by Crippen LogP contribution is -2.52. The highest BCUT2D eigenvalue weighted by atomic mass is 16.5. The van der Waals surface area contributed by atoms with Gasteiger partial charge in [-0.05, 0) is 6.07 Å². The monoisotopic (exact) mass is 280 g/mol. The molecule has 1 aromatic heterocycles. The molecule has 0 radical (unpaired) electrons. The van der Waals surface area contributed by atoms with Crippen LogP contribution in [0.3, 0.4) is 0 Å². The first kappa shape index (κ1) is 14.1. The Kier molecular flexibility index (Phi) is 4.39. The van der Waals surface area contributed by atoms with Gasteiger partial charge in [0.2, 0.25) is 5.91 Å². The van der Waals surface area contributed by atoms with Crippen molar-refractivity contribution in [3.8, 4) is 0 Å². The lowest BCUT2D eigenvalue weighted by atomic mass is 10.2. The van der Waals surface area contributed by atoms with Crippen LogP contribution in [0.4, 0.5) is 5.82 Å². The zero-order chi connectivity index (χ0) is 14.5. The fourth-order valence-electron chi connectivity index (χ4n) is 2.23. The third kappa shape index (κ3) is 3.37. The van der Waals surface area contributed by atoms with Crippen LogP contribution in [0.25, 0.3) is 0 Å². The second kappa shape index (κ2) is 6.23. The van der Waals surface area contributed by atoms with E-state index in [2.05, 4.69) is 0 Å². The number of carboxylic acid groups (broad SMARTS) is 1. The molecule has 0 saturated carbocycles. The van der Waals surface area contributed by atoms with Crippen molar-refractivity contribution < 1.29 is 24.6 Å². The first-order chi connectivity index (χ1) is 9.58. The van der Waals surface area contributed by atoms with E-state index < -0.39 is 5.97 Å². The summed E-state index contributed by atoms with van der Waals surface area (Å²) in [6.45, 7) is 2.30. The van der Waals surface area contributed by atoms with Crippen LogP contribution in [0, 0.1) is 0 Å². The molecule has 7 heteroatoms. The molecule has 108 valence electrons. The summed E-state index contributed by atoms with van der Waals surface area (Å²) < 4.78 is 1.06. The average molecular weight is 280 g/mol.